The molecule has 0 heterocycles. The Bertz CT molecular complexity index is 464. The van der Waals surface area contributed by atoms with Crippen molar-refractivity contribution in [2.45, 2.75) is 33.6 Å². The van der Waals surface area contributed by atoms with Crippen molar-refractivity contribution in [3.8, 4) is 5.75 Å². The monoisotopic (exact) mass is 296 g/mol. The Balaban J connectivity index is 2.69. The van der Waals surface area contributed by atoms with Gasteiger partial charge in [0, 0.05) is 12.5 Å². The molecule has 1 amide bonds. The van der Waals surface area contributed by atoms with Gasteiger partial charge in [-0.25, -0.2) is 4.39 Å². The maximum atomic E-state index is 13.2. The first-order chi connectivity index (χ1) is 9.96. The van der Waals surface area contributed by atoms with Gasteiger partial charge >= 0.3 is 0 Å². The normalized spacial score (nSPS) is 12.3. The second kappa shape index (κ2) is 8.62. The van der Waals surface area contributed by atoms with Crippen LogP contribution < -0.4 is 15.8 Å². The van der Waals surface area contributed by atoms with Crippen molar-refractivity contribution in [3.05, 3.63) is 24.0 Å². The van der Waals surface area contributed by atoms with Crippen molar-refractivity contribution in [2.75, 3.05) is 18.5 Å². The number of hydrogen-bond acceptors (Lipinski definition) is 3. The van der Waals surface area contributed by atoms with Crippen LogP contribution in [0.15, 0.2) is 18.2 Å². The highest BCUT2D eigenvalue weighted by molar-refractivity contribution is 5.92. The van der Waals surface area contributed by atoms with Crippen LogP contribution in [0, 0.1) is 17.7 Å². The lowest BCUT2D eigenvalue weighted by Gasteiger charge is -2.17. The molecular weight excluding hydrogens is 271 g/mol. The summed E-state index contributed by atoms with van der Waals surface area (Å²) >= 11 is 0. The van der Waals surface area contributed by atoms with Gasteiger partial charge in [0.2, 0.25) is 5.91 Å². The fourth-order valence-corrected chi connectivity index (χ4v) is 2.27. The number of hydrogen-bond donors (Lipinski definition) is 2. The summed E-state index contributed by atoms with van der Waals surface area (Å²) in [6.45, 7) is 6.91. The van der Waals surface area contributed by atoms with Crippen LogP contribution in [0.25, 0.3) is 0 Å². The molecule has 1 unspecified atom stereocenters. The standard InChI is InChI=1S/C16H25FN2O2/c1-4-21-15-9-13(17)5-6-14(15)19-16(20)8-12(10-18)7-11(2)3/h5-6,9,11-12H,4,7-8,10,18H2,1-3H3,(H,19,20). The maximum Gasteiger partial charge on any atom is 0.224 e. The number of benzene rings is 1. The largest absolute Gasteiger partial charge is 0.492 e. The van der Waals surface area contributed by atoms with Gasteiger partial charge in [0.15, 0.2) is 0 Å². The van der Waals surface area contributed by atoms with Crippen molar-refractivity contribution in [2.24, 2.45) is 17.6 Å². The number of carbonyl (C=O) groups excluding carboxylic acids is 1. The first kappa shape index (κ1) is 17.4. The van der Waals surface area contributed by atoms with E-state index in [2.05, 4.69) is 19.2 Å². The minimum Gasteiger partial charge on any atom is -0.492 e. The second-order valence-corrected chi connectivity index (χ2v) is 5.56. The highest BCUT2D eigenvalue weighted by Crippen LogP contribution is 2.26. The predicted molar refractivity (Wildman–Crippen MR) is 82.8 cm³/mol. The van der Waals surface area contributed by atoms with Crippen LogP contribution in [0.5, 0.6) is 5.75 Å². The quantitative estimate of drug-likeness (QED) is 0.774. The summed E-state index contributed by atoms with van der Waals surface area (Å²) in [5.74, 6) is 0.478. The zero-order valence-electron chi connectivity index (χ0n) is 13.0. The van der Waals surface area contributed by atoms with E-state index in [4.69, 9.17) is 10.5 Å². The molecule has 21 heavy (non-hydrogen) atoms. The van der Waals surface area contributed by atoms with Crippen LogP contribution in [0.2, 0.25) is 0 Å². The fourth-order valence-electron chi connectivity index (χ4n) is 2.27. The molecule has 0 fully saturated rings. The fraction of sp³-hybridized carbons (Fsp3) is 0.562. The number of nitrogens with two attached hydrogens (primary N) is 1. The topological polar surface area (TPSA) is 64.3 Å². The van der Waals surface area contributed by atoms with Crippen LogP contribution in [0.4, 0.5) is 10.1 Å². The Labute approximate surface area is 125 Å². The summed E-state index contributed by atoms with van der Waals surface area (Å²) in [5.41, 5.74) is 6.20. The van der Waals surface area contributed by atoms with Gasteiger partial charge in [-0.15, -0.1) is 0 Å². The van der Waals surface area contributed by atoms with Crippen molar-refractivity contribution in [1.82, 2.24) is 0 Å². The van der Waals surface area contributed by atoms with Gasteiger partial charge in [-0.3, -0.25) is 4.79 Å². The van der Waals surface area contributed by atoms with E-state index in [1.807, 2.05) is 6.92 Å². The van der Waals surface area contributed by atoms with Gasteiger partial charge in [-0.05, 0) is 43.9 Å². The van der Waals surface area contributed by atoms with Gasteiger partial charge < -0.3 is 15.8 Å². The summed E-state index contributed by atoms with van der Waals surface area (Å²) in [7, 11) is 0. The van der Waals surface area contributed by atoms with E-state index in [-0.39, 0.29) is 11.8 Å². The zero-order valence-corrected chi connectivity index (χ0v) is 13.0. The number of anilines is 1. The molecule has 5 heteroatoms. The van der Waals surface area contributed by atoms with Crippen LogP contribution in [0.1, 0.15) is 33.6 Å². The van der Waals surface area contributed by atoms with Crippen molar-refractivity contribution < 1.29 is 13.9 Å². The smallest absolute Gasteiger partial charge is 0.224 e. The van der Waals surface area contributed by atoms with Gasteiger partial charge in [0.25, 0.3) is 0 Å². The Morgan fingerprint density at radius 1 is 1.43 bits per heavy atom. The zero-order chi connectivity index (χ0) is 15.8. The number of carbonyl (C=O) groups is 1. The Hall–Kier alpha value is -1.62. The molecular formula is C16H25FN2O2. The molecule has 0 aliphatic rings. The molecule has 0 saturated heterocycles. The molecule has 0 radical (unpaired) electrons. The molecule has 3 N–H and O–H groups in total. The minimum atomic E-state index is -0.393. The minimum absolute atomic E-state index is 0.126. The number of halogens is 1. The SMILES string of the molecule is CCOc1cc(F)ccc1NC(=O)CC(CN)CC(C)C. The first-order valence-electron chi connectivity index (χ1n) is 7.38. The predicted octanol–water partition coefficient (Wildman–Crippen LogP) is 3.17. The third kappa shape index (κ3) is 6.12. The van der Waals surface area contributed by atoms with E-state index < -0.39 is 5.82 Å². The molecule has 1 rings (SSSR count). The highest BCUT2D eigenvalue weighted by atomic mass is 19.1. The van der Waals surface area contributed by atoms with Crippen molar-refractivity contribution in [1.29, 1.82) is 0 Å². The summed E-state index contributed by atoms with van der Waals surface area (Å²) in [6.07, 6.45) is 1.27. The molecule has 0 aliphatic heterocycles. The average Bonchev–Trinajstić information content (AvgIpc) is 2.41. The third-order valence-corrected chi connectivity index (χ3v) is 3.13. The molecule has 1 atom stereocenters. The number of rotatable bonds is 8. The van der Waals surface area contributed by atoms with E-state index >= 15 is 0 Å². The molecule has 0 bridgehead atoms. The highest BCUT2D eigenvalue weighted by Gasteiger charge is 2.15. The summed E-state index contributed by atoms with van der Waals surface area (Å²) < 4.78 is 18.5. The first-order valence-corrected chi connectivity index (χ1v) is 7.38. The maximum absolute atomic E-state index is 13.2. The Morgan fingerprint density at radius 3 is 2.71 bits per heavy atom. The molecule has 0 spiro atoms. The van der Waals surface area contributed by atoms with E-state index in [9.17, 15) is 9.18 Å². The molecule has 0 saturated carbocycles. The lowest BCUT2D eigenvalue weighted by Crippen LogP contribution is -2.23. The third-order valence-electron chi connectivity index (χ3n) is 3.13. The van der Waals surface area contributed by atoms with Crippen LogP contribution in [-0.2, 0) is 4.79 Å². The molecule has 0 aromatic heterocycles. The van der Waals surface area contributed by atoms with Crippen molar-refractivity contribution >= 4 is 11.6 Å². The van der Waals surface area contributed by atoms with Crippen LogP contribution in [0.3, 0.4) is 0 Å². The number of ether oxygens (including phenoxy) is 1. The van der Waals surface area contributed by atoms with Gasteiger partial charge in [-0.2, -0.15) is 0 Å². The van der Waals surface area contributed by atoms with Gasteiger partial charge in [0.1, 0.15) is 11.6 Å². The summed E-state index contributed by atoms with van der Waals surface area (Å²) in [6, 6.07) is 4.08. The lowest BCUT2D eigenvalue weighted by atomic mass is 9.94. The Morgan fingerprint density at radius 2 is 2.14 bits per heavy atom. The van der Waals surface area contributed by atoms with E-state index in [1.54, 1.807) is 0 Å². The van der Waals surface area contributed by atoms with E-state index in [0.29, 0.717) is 36.9 Å². The molecule has 4 nitrogen and oxygen atoms in total. The Kier molecular flexibility index (Phi) is 7.15. The average molecular weight is 296 g/mol. The summed E-state index contributed by atoms with van der Waals surface area (Å²) in [5, 5.41) is 2.77. The molecule has 1 aromatic rings. The molecule has 1 aromatic carbocycles. The lowest BCUT2D eigenvalue weighted by molar-refractivity contribution is -0.117. The van der Waals surface area contributed by atoms with E-state index in [1.165, 1.54) is 18.2 Å². The second-order valence-electron chi connectivity index (χ2n) is 5.56. The summed E-state index contributed by atoms with van der Waals surface area (Å²) in [4.78, 5) is 12.1. The van der Waals surface area contributed by atoms with Gasteiger partial charge in [0.05, 0.1) is 12.3 Å². The molecule has 118 valence electrons. The van der Waals surface area contributed by atoms with Crippen molar-refractivity contribution in [3.63, 3.8) is 0 Å². The van der Waals surface area contributed by atoms with Gasteiger partial charge in [-0.1, -0.05) is 13.8 Å². The van der Waals surface area contributed by atoms with E-state index in [0.717, 1.165) is 6.42 Å². The number of nitrogens with one attached hydrogen (secondary N) is 1. The van der Waals surface area contributed by atoms with Crippen LogP contribution in [-0.4, -0.2) is 19.1 Å². The number of amides is 1. The molecule has 0 aliphatic carbocycles. The van der Waals surface area contributed by atoms with Crippen LogP contribution >= 0.6 is 0 Å².